The third kappa shape index (κ3) is 5.69. The summed E-state index contributed by atoms with van der Waals surface area (Å²) in [6.45, 7) is 11.9. The molecule has 0 spiro atoms. The van der Waals surface area contributed by atoms with Crippen LogP contribution >= 0.6 is 0 Å². The summed E-state index contributed by atoms with van der Waals surface area (Å²) in [4.78, 5) is 27.0. The van der Waals surface area contributed by atoms with Crippen molar-refractivity contribution in [2.45, 2.75) is 53.4 Å². The van der Waals surface area contributed by atoms with Crippen molar-refractivity contribution in [3.05, 3.63) is 81.0 Å². The molecule has 0 bridgehead atoms. The van der Waals surface area contributed by atoms with Gasteiger partial charge < -0.3 is 23.9 Å². The van der Waals surface area contributed by atoms with Gasteiger partial charge in [-0.05, 0) is 78.3 Å². The first-order chi connectivity index (χ1) is 19.0. The first-order valence-electron chi connectivity index (χ1n) is 13.4. The molecule has 40 heavy (non-hydrogen) atoms. The summed E-state index contributed by atoms with van der Waals surface area (Å²) in [7, 11) is 3.08. The number of aryl methyl sites for hydroxylation is 2. The van der Waals surface area contributed by atoms with Crippen LogP contribution in [0.4, 0.5) is 5.69 Å². The number of para-hydroxylation sites is 1. The van der Waals surface area contributed by atoms with Crippen LogP contribution in [-0.2, 0) is 4.79 Å². The van der Waals surface area contributed by atoms with Crippen molar-refractivity contribution in [2.75, 3.05) is 26.1 Å². The first kappa shape index (κ1) is 28.7. The van der Waals surface area contributed by atoms with Gasteiger partial charge in [0.1, 0.15) is 5.58 Å². The van der Waals surface area contributed by atoms with Crippen molar-refractivity contribution < 1.29 is 23.4 Å². The number of nitrogens with one attached hydrogen (secondary N) is 1. The zero-order valence-corrected chi connectivity index (χ0v) is 24.4. The highest BCUT2D eigenvalue weighted by Crippen LogP contribution is 2.37. The van der Waals surface area contributed by atoms with Gasteiger partial charge in [-0.15, -0.1) is 0 Å². The normalized spacial score (nSPS) is 11.2. The van der Waals surface area contributed by atoms with E-state index in [2.05, 4.69) is 33.0 Å². The maximum atomic E-state index is 13.7. The van der Waals surface area contributed by atoms with Crippen molar-refractivity contribution in [3.63, 3.8) is 0 Å². The van der Waals surface area contributed by atoms with Gasteiger partial charge in [0.05, 0.1) is 19.6 Å². The predicted octanol–water partition coefficient (Wildman–Crippen LogP) is 7.36. The Kier molecular flexibility index (Phi) is 8.52. The highest BCUT2D eigenvalue weighted by Gasteiger charge is 2.22. The molecule has 4 rings (SSSR count). The lowest BCUT2D eigenvalue weighted by molar-refractivity contribution is -0.118. The Bertz CT molecular complexity index is 1590. The van der Waals surface area contributed by atoms with E-state index in [9.17, 15) is 9.59 Å². The molecule has 0 saturated heterocycles. The number of hydrogen-bond acceptors (Lipinski definition) is 6. The number of carbonyl (C=O) groups excluding carboxylic acids is 1. The molecule has 1 aromatic heterocycles. The van der Waals surface area contributed by atoms with E-state index in [0.29, 0.717) is 28.0 Å². The van der Waals surface area contributed by atoms with Crippen LogP contribution in [0, 0.1) is 13.8 Å². The van der Waals surface area contributed by atoms with Crippen LogP contribution in [0.1, 0.15) is 61.8 Å². The monoisotopic (exact) mass is 543 g/mol. The smallest absolute Gasteiger partial charge is 0.262 e. The average Bonchev–Trinajstić information content (AvgIpc) is 2.93. The second kappa shape index (κ2) is 11.9. The Labute approximate surface area is 235 Å². The van der Waals surface area contributed by atoms with Gasteiger partial charge in [-0.25, -0.2) is 0 Å². The standard InChI is InChI=1S/C33H37NO6/c1-18(2)23-10-9-11-24(19(3)4)30(23)34-29(35)17-39-33-31(36)25-14-20(5)21(6)15-27(25)40-32(33)22-12-13-26(37-7)28(16-22)38-8/h9-16,18-19H,17H2,1-8H3,(H,34,35). The number of fused-ring (bicyclic) bond motifs is 1. The molecule has 1 heterocycles. The highest BCUT2D eigenvalue weighted by atomic mass is 16.5. The first-order valence-corrected chi connectivity index (χ1v) is 13.4. The fraction of sp³-hybridized carbons (Fsp3) is 0.333. The fourth-order valence-corrected chi connectivity index (χ4v) is 4.74. The van der Waals surface area contributed by atoms with E-state index in [1.807, 2.05) is 38.1 Å². The molecular weight excluding hydrogens is 506 g/mol. The van der Waals surface area contributed by atoms with E-state index < -0.39 is 0 Å². The van der Waals surface area contributed by atoms with Crippen LogP contribution in [0.25, 0.3) is 22.3 Å². The maximum Gasteiger partial charge on any atom is 0.262 e. The van der Waals surface area contributed by atoms with Crippen LogP contribution in [-0.4, -0.2) is 26.7 Å². The summed E-state index contributed by atoms with van der Waals surface area (Å²) >= 11 is 0. The van der Waals surface area contributed by atoms with Crippen molar-refractivity contribution >= 4 is 22.6 Å². The molecule has 1 N–H and O–H groups in total. The van der Waals surface area contributed by atoms with Crippen LogP contribution in [0.3, 0.4) is 0 Å². The molecule has 1 amide bonds. The lowest BCUT2D eigenvalue weighted by Crippen LogP contribution is -2.24. The predicted molar refractivity (Wildman–Crippen MR) is 159 cm³/mol. The summed E-state index contributed by atoms with van der Waals surface area (Å²) in [6.07, 6.45) is 0. The van der Waals surface area contributed by atoms with Gasteiger partial charge in [-0.3, -0.25) is 9.59 Å². The molecule has 3 aromatic carbocycles. The average molecular weight is 544 g/mol. The van der Waals surface area contributed by atoms with Gasteiger partial charge in [0.2, 0.25) is 11.2 Å². The molecule has 7 heteroatoms. The molecule has 0 aliphatic rings. The molecule has 0 fully saturated rings. The quantitative estimate of drug-likeness (QED) is 0.237. The van der Waals surface area contributed by atoms with Crippen LogP contribution in [0.5, 0.6) is 17.2 Å². The molecule has 7 nitrogen and oxygen atoms in total. The number of rotatable bonds is 9. The number of carbonyl (C=O) groups is 1. The Morgan fingerprint density at radius 2 is 1.50 bits per heavy atom. The van der Waals surface area contributed by atoms with Crippen molar-refractivity contribution in [3.8, 4) is 28.6 Å². The van der Waals surface area contributed by atoms with E-state index in [4.69, 9.17) is 18.6 Å². The summed E-state index contributed by atoms with van der Waals surface area (Å²) in [6, 6.07) is 14.9. The fourth-order valence-electron chi connectivity index (χ4n) is 4.74. The topological polar surface area (TPSA) is 87.0 Å². The SMILES string of the molecule is COc1ccc(-c2oc3cc(C)c(C)cc3c(=O)c2OCC(=O)Nc2c(C(C)C)cccc2C(C)C)cc1OC. The highest BCUT2D eigenvalue weighted by molar-refractivity contribution is 5.94. The van der Waals surface area contributed by atoms with Gasteiger partial charge in [-0.2, -0.15) is 0 Å². The van der Waals surface area contributed by atoms with Gasteiger partial charge in [0.25, 0.3) is 5.91 Å². The van der Waals surface area contributed by atoms with Crippen LogP contribution in [0.15, 0.2) is 57.7 Å². The lowest BCUT2D eigenvalue weighted by Gasteiger charge is -2.20. The third-order valence-electron chi connectivity index (χ3n) is 7.10. The molecule has 0 aliphatic carbocycles. The molecular formula is C33H37NO6. The van der Waals surface area contributed by atoms with Crippen LogP contribution in [0.2, 0.25) is 0 Å². The minimum absolute atomic E-state index is 0.0423. The Morgan fingerprint density at radius 3 is 2.10 bits per heavy atom. The van der Waals surface area contributed by atoms with Crippen molar-refractivity contribution in [1.82, 2.24) is 0 Å². The van der Waals surface area contributed by atoms with Crippen molar-refractivity contribution in [2.24, 2.45) is 0 Å². The molecule has 210 valence electrons. The van der Waals surface area contributed by atoms with E-state index >= 15 is 0 Å². The number of benzene rings is 3. The largest absolute Gasteiger partial charge is 0.493 e. The van der Waals surface area contributed by atoms with Crippen molar-refractivity contribution in [1.29, 1.82) is 0 Å². The molecule has 0 atom stereocenters. The Hall–Kier alpha value is -4.26. The number of anilines is 1. The van der Waals surface area contributed by atoms with E-state index in [1.165, 1.54) is 7.11 Å². The van der Waals surface area contributed by atoms with Gasteiger partial charge in [-0.1, -0.05) is 45.9 Å². The molecule has 0 unspecified atom stereocenters. The third-order valence-corrected chi connectivity index (χ3v) is 7.10. The zero-order chi connectivity index (χ0) is 29.1. The summed E-state index contributed by atoms with van der Waals surface area (Å²) in [5, 5.41) is 3.43. The maximum absolute atomic E-state index is 13.7. The molecule has 0 radical (unpaired) electrons. The minimum atomic E-state index is -0.370. The molecule has 0 saturated carbocycles. The number of amides is 1. The summed E-state index contributed by atoms with van der Waals surface area (Å²) in [5.74, 6) is 1.23. The summed E-state index contributed by atoms with van der Waals surface area (Å²) < 4.78 is 23.1. The van der Waals surface area contributed by atoms with E-state index in [0.717, 1.165) is 27.9 Å². The number of ether oxygens (including phenoxy) is 3. The second-order valence-corrected chi connectivity index (χ2v) is 10.5. The Balaban J connectivity index is 1.76. The zero-order valence-electron chi connectivity index (χ0n) is 24.4. The van der Waals surface area contributed by atoms with E-state index in [1.54, 1.807) is 31.4 Å². The number of methoxy groups -OCH3 is 2. The Morgan fingerprint density at radius 1 is 0.875 bits per heavy atom. The van der Waals surface area contributed by atoms with E-state index in [-0.39, 0.29) is 41.3 Å². The summed E-state index contributed by atoms with van der Waals surface area (Å²) in [5.41, 5.74) is 5.45. The molecule has 4 aromatic rings. The lowest BCUT2D eigenvalue weighted by atomic mass is 9.92. The molecule has 0 aliphatic heterocycles. The minimum Gasteiger partial charge on any atom is -0.493 e. The second-order valence-electron chi connectivity index (χ2n) is 10.5. The van der Waals surface area contributed by atoms with Gasteiger partial charge >= 0.3 is 0 Å². The number of hydrogen-bond donors (Lipinski definition) is 1. The van der Waals surface area contributed by atoms with Gasteiger partial charge in [0.15, 0.2) is 23.9 Å². The van der Waals surface area contributed by atoms with Gasteiger partial charge in [0, 0.05) is 11.3 Å². The van der Waals surface area contributed by atoms with Crippen LogP contribution < -0.4 is 25.0 Å².